The standard InChI is InChI=1S/C19H23F2N3/c1-5-24(4)12-23-19-9-13(2)18(8-14(19)3)22-11-15-6-7-16(20)10-17(15)21/h6-10,12,22H,5,11H2,1-4H3. The van der Waals surface area contributed by atoms with Gasteiger partial charge in [0.25, 0.3) is 0 Å². The molecule has 0 aliphatic carbocycles. The van der Waals surface area contributed by atoms with Crippen LogP contribution in [0, 0.1) is 25.5 Å². The van der Waals surface area contributed by atoms with Crippen molar-refractivity contribution >= 4 is 17.7 Å². The lowest BCUT2D eigenvalue weighted by Gasteiger charge is -2.14. The van der Waals surface area contributed by atoms with Gasteiger partial charge in [-0.1, -0.05) is 6.07 Å². The molecule has 0 atom stereocenters. The SMILES string of the molecule is CCN(C)C=Nc1cc(C)c(NCc2ccc(F)cc2F)cc1C. The fraction of sp³-hybridized carbons (Fsp3) is 0.316. The summed E-state index contributed by atoms with van der Waals surface area (Å²) in [5.41, 5.74) is 4.31. The highest BCUT2D eigenvalue weighted by atomic mass is 19.1. The highest BCUT2D eigenvalue weighted by Crippen LogP contribution is 2.27. The van der Waals surface area contributed by atoms with Gasteiger partial charge in [0.05, 0.1) is 12.0 Å². The molecule has 3 nitrogen and oxygen atoms in total. The lowest BCUT2D eigenvalue weighted by Crippen LogP contribution is -2.14. The zero-order valence-corrected chi connectivity index (χ0v) is 14.5. The molecule has 0 amide bonds. The average Bonchev–Trinajstić information content (AvgIpc) is 2.54. The van der Waals surface area contributed by atoms with Crippen LogP contribution in [0.3, 0.4) is 0 Å². The van der Waals surface area contributed by atoms with E-state index in [1.54, 1.807) is 0 Å². The molecule has 0 spiro atoms. The quantitative estimate of drug-likeness (QED) is 0.608. The molecule has 128 valence electrons. The second-order valence-electron chi connectivity index (χ2n) is 5.86. The molecule has 2 aromatic carbocycles. The molecule has 24 heavy (non-hydrogen) atoms. The summed E-state index contributed by atoms with van der Waals surface area (Å²) in [5.74, 6) is -1.11. The second kappa shape index (κ2) is 7.90. The molecule has 5 heteroatoms. The lowest BCUT2D eigenvalue weighted by molar-refractivity contribution is 0.552. The number of benzene rings is 2. The van der Waals surface area contributed by atoms with Crippen molar-refractivity contribution in [1.82, 2.24) is 4.90 Å². The minimum absolute atomic E-state index is 0.299. The van der Waals surface area contributed by atoms with Crippen molar-refractivity contribution < 1.29 is 8.78 Å². The third kappa shape index (κ3) is 4.54. The summed E-state index contributed by atoms with van der Waals surface area (Å²) in [5, 5.41) is 3.21. The van der Waals surface area contributed by atoms with Crippen LogP contribution in [0.1, 0.15) is 23.6 Å². The first-order chi connectivity index (χ1) is 11.4. The summed E-state index contributed by atoms with van der Waals surface area (Å²) in [4.78, 5) is 6.49. The summed E-state index contributed by atoms with van der Waals surface area (Å²) >= 11 is 0. The predicted octanol–water partition coefficient (Wildman–Crippen LogP) is 4.81. The van der Waals surface area contributed by atoms with Crippen molar-refractivity contribution in [2.45, 2.75) is 27.3 Å². The normalized spacial score (nSPS) is 11.1. The van der Waals surface area contributed by atoms with E-state index in [1.165, 1.54) is 12.1 Å². The second-order valence-corrected chi connectivity index (χ2v) is 5.86. The Morgan fingerprint density at radius 3 is 2.54 bits per heavy atom. The Morgan fingerprint density at radius 2 is 1.88 bits per heavy atom. The van der Waals surface area contributed by atoms with E-state index in [0.717, 1.165) is 35.1 Å². The smallest absolute Gasteiger partial charge is 0.131 e. The molecule has 0 saturated heterocycles. The Labute approximate surface area is 142 Å². The van der Waals surface area contributed by atoms with Crippen LogP contribution in [0.5, 0.6) is 0 Å². The molecular weight excluding hydrogens is 308 g/mol. The minimum atomic E-state index is -0.567. The molecule has 0 bridgehead atoms. The van der Waals surface area contributed by atoms with Gasteiger partial charge in [0.2, 0.25) is 0 Å². The molecule has 0 unspecified atom stereocenters. The van der Waals surface area contributed by atoms with Gasteiger partial charge >= 0.3 is 0 Å². The first kappa shape index (κ1) is 17.9. The number of rotatable bonds is 6. The summed E-state index contributed by atoms with van der Waals surface area (Å²) in [7, 11) is 1.97. The van der Waals surface area contributed by atoms with Crippen LogP contribution in [0.15, 0.2) is 35.3 Å². The molecule has 1 N–H and O–H groups in total. The topological polar surface area (TPSA) is 27.6 Å². The Bertz CT molecular complexity index is 742. The molecule has 2 aromatic rings. The van der Waals surface area contributed by atoms with E-state index >= 15 is 0 Å². The van der Waals surface area contributed by atoms with Crippen LogP contribution in [-0.4, -0.2) is 24.8 Å². The molecule has 0 radical (unpaired) electrons. The molecular formula is C19H23F2N3. The van der Waals surface area contributed by atoms with E-state index in [2.05, 4.69) is 17.2 Å². The summed E-state index contributed by atoms with van der Waals surface area (Å²) < 4.78 is 26.7. The molecule has 0 aliphatic rings. The predicted molar refractivity (Wildman–Crippen MR) is 96.1 cm³/mol. The van der Waals surface area contributed by atoms with Gasteiger partial charge in [-0.15, -0.1) is 0 Å². The Morgan fingerprint density at radius 1 is 1.12 bits per heavy atom. The zero-order chi connectivity index (χ0) is 17.7. The van der Waals surface area contributed by atoms with Gasteiger partial charge < -0.3 is 10.2 Å². The fourth-order valence-corrected chi connectivity index (χ4v) is 2.23. The van der Waals surface area contributed by atoms with E-state index in [-0.39, 0.29) is 0 Å². The average molecular weight is 331 g/mol. The Hall–Kier alpha value is -2.43. The van der Waals surface area contributed by atoms with E-state index in [0.29, 0.717) is 12.1 Å². The third-order valence-electron chi connectivity index (χ3n) is 3.92. The number of anilines is 1. The van der Waals surface area contributed by atoms with Crippen molar-refractivity contribution in [1.29, 1.82) is 0 Å². The largest absolute Gasteiger partial charge is 0.381 e. The number of halogens is 2. The maximum atomic E-state index is 13.7. The van der Waals surface area contributed by atoms with Gasteiger partial charge in [-0.3, -0.25) is 0 Å². The van der Waals surface area contributed by atoms with Crippen LogP contribution in [0.25, 0.3) is 0 Å². The van der Waals surface area contributed by atoms with Gasteiger partial charge in [-0.05, 0) is 50.1 Å². The number of nitrogens with zero attached hydrogens (tertiary/aromatic N) is 2. The first-order valence-electron chi connectivity index (χ1n) is 7.94. The Balaban J connectivity index is 2.14. The maximum Gasteiger partial charge on any atom is 0.131 e. The molecule has 2 rings (SSSR count). The Kier molecular flexibility index (Phi) is 5.90. The van der Waals surface area contributed by atoms with Crippen LogP contribution in [0.2, 0.25) is 0 Å². The summed E-state index contributed by atoms with van der Waals surface area (Å²) in [6.07, 6.45) is 1.81. The summed E-state index contributed by atoms with van der Waals surface area (Å²) in [6.45, 7) is 7.22. The highest BCUT2D eigenvalue weighted by molar-refractivity contribution is 5.67. The van der Waals surface area contributed by atoms with Crippen molar-refractivity contribution in [3.05, 3.63) is 58.7 Å². The summed E-state index contributed by atoms with van der Waals surface area (Å²) in [6, 6.07) is 7.62. The zero-order valence-electron chi connectivity index (χ0n) is 14.5. The number of hydrogen-bond donors (Lipinski definition) is 1. The number of nitrogens with one attached hydrogen (secondary N) is 1. The third-order valence-corrected chi connectivity index (χ3v) is 3.92. The molecule has 0 aromatic heterocycles. The van der Waals surface area contributed by atoms with Gasteiger partial charge in [0.15, 0.2) is 0 Å². The van der Waals surface area contributed by atoms with E-state index < -0.39 is 11.6 Å². The molecule has 0 fully saturated rings. The van der Waals surface area contributed by atoms with Crippen LogP contribution < -0.4 is 5.32 Å². The number of aliphatic imine (C=N–C) groups is 1. The van der Waals surface area contributed by atoms with Crippen molar-refractivity contribution in [2.24, 2.45) is 4.99 Å². The van der Waals surface area contributed by atoms with E-state index in [1.807, 2.05) is 44.3 Å². The van der Waals surface area contributed by atoms with Crippen LogP contribution in [-0.2, 0) is 6.54 Å². The van der Waals surface area contributed by atoms with Crippen molar-refractivity contribution in [2.75, 3.05) is 18.9 Å². The van der Waals surface area contributed by atoms with Gasteiger partial charge in [0, 0.05) is 37.5 Å². The fourth-order valence-electron chi connectivity index (χ4n) is 2.23. The van der Waals surface area contributed by atoms with Crippen LogP contribution >= 0.6 is 0 Å². The highest BCUT2D eigenvalue weighted by Gasteiger charge is 2.07. The number of hydrogen-bond acceptors (Lipinski definition) is 2. The first-order valence-corrected chi connectivity index (χ1v) is 7.94. The van der Waals surface area contributed by atoms with Gasteiger partial charge in [0.1, 0.15) is 11.6 Å². The molecule has 0 heterocycles. The number of aryl methyl sites for hydroxylation is 2. The molecule has 0 aliphatic heterocycles. The van der Waals surface area contributed by atoms with Crippen molar-refractivity contribution in [3.8, 4) is 0 Å². The monoisotopic (exact) mass is 331 g/mol. The minimum Gasteiger partial charge on any atom is -0.381 e. The van der Waals surface area contributed by atoms with Crippen molar-refractivity contribution in [3.63, 3.8) is 0 Å². The van der Waals surface area contributed by atoms with Crippen LogP contribution in [0.4, 0.5) is 20.2 Å². The van der Waals surface area contributed by atoms with Gasteiger partial charge in [-0.25, -0.2) is 13.8 Å². The van der Waals surface area contributed by atoms with E-state index in [4.69, 9.17) is 0 Å². The van der Waals surface area contributed by atoms with E-state index in [9.17, 15) is 8.78 Å². The maximum absolute atomic E-state index is 13.7. The van der Waals surface area contributed by atoms with Gasteiger partial charge in [-0.2, -0.15) is 0 Å². The molecule has 0 saturated carbocycles. The lowest BCUT2D eigenvalue weighted by atomic mass is 10.1.